The number of carboxylic acid groups (broad SMARTS) is 1. The minimum absolute atomic E-state index is 0.109. The van der Waals surface area contributed by atoms with Gasteiger partial charge in [-0.1, -0.05) is 0 Å². The van der Waals surface area contributed by atoms with Crippen LogP contribution in [0.15, 0.2) is 0 Å². The van der Waals surface area contributed by atoms with Crippen LogP contribution in [0.2, 0.25) is 0 Å². The average molecular weight is 251 g/mol. The lowest BCUT2D eigenvalue weighted by atomic mass is 10.1. The maximum atomic E-state index is 11.5. The first-order valence-corrected chi connectivity index (χ1v) is 6.80. The Labute approximate surface area is 95.2 Å². The van der Waals surface area contributed by atoms with E-state index in [1.807, 2.05) is 0 Å². The minimum Gasteiger partial charge on any atom is -0.480 e. The van der Waals surface area contributed by atoms with Gasteiger partial charge in [0.2, 0.25) is 10.0 Å². The number of hydrogen-bond acceptors (Lipinski definition) is 4. The summed E-state index contributed by atoms with van der Waals surface area (Å²) in [5.74, 6) is -2.20. The number of nitrogens with zero attached hydrogens (tertiary/aromatic N) is 1. The van der Waals surface area contributed by atoms with Gasteiger partial charge in [0.15, 0.2) is 5.75 Å². The topological polar surface area (TPSA) is 83.9 Å². The summed E-state index contributed by atoms with van der Waals surface area (Å²) >= 11 is 0. The molecule has 6 nitrogen and oxygen atoms in total. The van der Waals surface area contributed by atoms with Crippen molar-refractivity contribution in [3.8, 4) is 0 Å². The lowest BCUT2D eigenvalue weighted by Crippen LogP contribution is -2.39. The van der Waals surface area contributed by atoms with Crippen LogP contribution in [-0.2, 0) is 19.6 Å². The molecule has 0 aromatic carbocycles. The van der Waals surface area contributed by atoms with Crippen molar-refractivity contribution in [3.63, 3.8) is 0 Å². The van der Waals surface area contributed by atoms with Gasteiger partial charge in [0.05, 0.1) is 6.10 Å². The summed E-state index contributed by atoms with van der Waals surface area (Å²) in [6, 6.07) is 0. The van der Waals surface area contributed by atoms with E-state index >= 15 is 0 Å². The van der Waals surface area contributed by atoms with Crippen LogP contribution >= 0.6 is 0 Å². The highest BCUT2D eigenvalue weighted by molar-refractivity contribution is 7.89. The lowest BCUT2D eigenvalue weighted by Gasteiger charge is -2.26. The van der Waals surface area contributed by atoms with Crippen LogP contribution in [-0.4, -0.2) is 55.9 Å². The molecule has 16 heavy (non-hydrogen) atoms. The summed E-state index contributed by atoms with van der Waals surface area (Å²) in [5.41, 5.74) is 0. The molecule has 0 aromatic heterocycles. The first-order valence-electron chi connectivity index (χ1n) is 5.19. The van der Waals surface area contributed by atoms with E-state index in [2.05, 4.69) is 0 Å². The zero-order valence-electron chi connectivity index (χ0n) is 9.26. The number of ether oxygens (including phenoxy) is 1. The summed E-state index contributed by atoms with van der Waals surface area (Å²) in [6.07, 6.45) is 2.74. The first-order chi connectivity index (χ1) is 7.42. The molecule has 0 spiro atoms. The summed E-state index contributed by atoms with van der Waals surface area (Å²) in [4.78, 5) is 10.4. The second-order valence-electron chi connectivity index (χ2n) is 3.92. The minimum atomic E-state index is -3.71. The monoisotopic (exact) mass is 251 g/mol. The van der Waals surface area contributed by atoms with Crippen LogP contribution in [0.4, 0.5) is 0 Å². The molecule has 1 rings (SSSR count). The summed E-state index contributed by atoms with van der Waals surface area (Å²) in [7, 11) is -2.32. The molecular formula is C9H17NO5S. The summed E-state index contributed by atoms with van der Waals surface area (Å²) in [6.45, 7) is 0.882. The Bertz CT molecular complexity index is 334. The van der Waals surface area contributed by atoms with Crippen molar-refractivity contribution in [1.82, 2.24) is 4.31 Å². The second kappa shape index (κ2) is 5.60. The average Bonchev–Trinajstić information content (AvgIpc) is 2.17. The fourth-order valence-electron chi connectivity index (χ4n) is 1.62. The molecule has 1 saturated heterocycles. The van der Waals surface area contributed by atoms with Gasteiger partial charge in [0, 0.05) is 20.2 Å². The third-order valence-electron chi connectivity index (χ3n) is 2.52. The molecule has 0 radical (unpaired) electrons. The van der Waals surface area contributed by atoms with Gasteiger partial charge >= 0.3 is 5.97 Å². The van der Waals surface area contributed by atoms with Gasteiger partial charge < -0.3 is 9.84 Å². The molecule has 1 N–H and O–H groups in total. The van der Waals surface area contributed by atoms with Gasteiger partial charge in [-0.05, 0) is 19.3 Å². The highest BCUT2D eigenvalue weighted by Gasteiger charge is 2.25. The molecular weight excluding hydrogens is 234 g/mol. The Kier molecular flexibility index (Phi) is 4.69. The number of carboxylic acids is 1. The molecule has 0 aliphatic carbocycles. The highest BCUT2D eigenvalue weighted by Crippen LogP contribution is 2.14. The normalized spacial score (nSPS) is 22.2. The van der Waals surface area contributed by atoms with E-state index in [-0.39, 0.29) is 12.6 Å². The van der Waals surface area contributed by atoms with E-state index in [1.165, 1.54) is 7.05 Å². The zero-order chi connectivity index (χ0) is 12.2. The number of aliphatic carboxylic acids is 1. The van der Waals surface area contributed by atoms with Crippen LogP contribution in [0, 0.1) is 0 Å². The molecule has 7 heteroatoms. The molecule has 1 heterocycles. The Balaban J connectivity index is 2.49. The maximum Gasteiger partial charge on any atom is 0.320 e. The quantitative estimate of drug-likeness (QED) is 0.737. The number of likely N-dealkylation sites (N-methyl/N-ethyl adjacent to an activating group) is 1. The van der Waals surface area contributed by atoms with Crippen LogP contribution in [0.1, 0.15) is 19.3 Å². The van der Waals surface area contributed by atoms with Gasteiger partial charge in [-0.15, -0.1) is 0 Å². The van der Waals surface area contributed by atoms with Crippen LogP contribution in [0.3, 0.4) is 0 Å². The van der Waals surface area contributed by atoms with Gasteiger partial charge in [0.1, 0.15) is 0 Å². The van der Waals surface area contributed by atoms with Crippen molar-refractivity contribution >= 4 is 16.0 Å². The third-order valence-corrected chi connectivity index (χ3v) is 4.23. The predicted octanol–water partition coefficient (Wildman–Crippen LogP) is -0.0983. The van der Waals surface area contributed by atoms with Crippen molar-refractivity contribution in [1.29, 1.82) is 0 Å². The Morgan fingerprint density at radius 3 is 2.69 bits per heavy atom. The van der Waals surface area contributed by atoms with Gasteiger partial charge in [-0.2, -0.15) is 0 Å². The summed E-state index contributed by atoms with van der Waals surface area (Å²) in [5, 5.41) is 8.47. The zero-order valence-corrected chi connectivity index (χ0v) is 10.1. The fraction of sp³-hybridized carbons (Fsp3) is 0.889. The van der Waals surface area contributed by atoms with Gasteiger partial charge in [-0.3, -0.25) is 4.79 Å². The third kappa shape index (κ3) is 4.07. The molecule has 1 unspecified atom stereocenters. The lowest BCUT2D eigenvalue weighted by molar-refractivity contribution is -0.134. The van der Waals surface area contributed by atoms with Crippen molar-refractivity contribution in [2.75, 3.05) is 26.0 Å². The molecule has 94 valence electrons. The smallest absolute Gasteiger partial charge is 0.320 e. The Hall–Kier alpha value is -0.660. The SMILES string of the molecule is CN(CC1CCCCO1)S(=O)(=O)CC(=O)O. The largest absolute Gasteiger partial charge is 0.480 e. The van der Waals surface area contributed by atoms with Crippen LogP contribution in [0.25, 0.3) is 0 Å². The van der Waals surface area contributed by atoms with Crippen molar-refractivity contribution in [2.45, 2.75) is 25.4 Å². The molecule has 0 bridgehead atoms. The number of rotatable bonds is 5. The molecule has 0 saturated carbocycles. The molecule has 1 aliphatic rings. The number of sulfonamides is 1. The summed E-state index contributed by atoms with van der Waals surface area (Å²) < 4.78 is 29.5. The van der Waals surface area contributed by atoms with E-state index in [1.54, 1.807) is 0 Å². The van der Waals surface area contributed by atoms with Crippen LogP contribution in [0.5, 0.6) is 0 Å². The van der Waals surface area contributed by atoms with Gasteiger partial charge in [-0.25, -0.2) is 12.7 Å². The number of hydrogen-bond donors (Lipinski definition) is 1. The first kappa shape index (κ1) is 13.4. The Morgan fingerprint density at radius 1 is 1.50 bits per heavy atom. The second-order valence-corrected chi connectivity index (χ2v) is 5.99. The van der Waals surface area contributed by atoms with E-state index in [0.717, 1.165) is 23.6 Å². The molecule has 1 fully saturated rings. The van der Waals surface area contributed by atoms with Crippen molar-refractivity contribution < 1.29 is 23.1 Å². The van der Waals surface area contributed by atoms with Gasteiger partial charge in [0.25, 0.3) is 0 Å². The van der Waals surface area contributed by atoms with E-state index in [4.69, 9.17) is 9.84 Å². The fourth-order valence-corrected chi connectivity index (χ4v) is 2.54. The maximum absolute atomic E-state index is 11.5. The van der Waals surface area contributed by atoms with Crippen LogP contribution < -0.4 is 0 Å². The van der Waals surface area contributed by atoms with E-state index < -0.39 is 21.7 Å². The van der Waals surface area contributed by atoms with Crippen molar-refractivity contribution in [3.05, 3.63) is 0 Å². The standard InChI is InChI=1S/C9H17NO5S/c1-10(16(13,14)7-9(11)12)6-8-4-2-3-5-15-8/h8H,2-7H2,1H3,(H,11,12). The molecule has 0 amide bonds. The predicted molar refractivity (Wildman–Crippen MR) is 57.6 cm³/mol. The van der Waals surface area contributed by atoms with Crippen molar-refractivity contribution in [2.24, 2.45) is 0 Å². The molecule has 0 aromatic rings. The highest BCUT2D eigenvalue weighted by atomic mass is 32.2. The number of carbonyl (C=O) groups is 1. The van der Waals surface area contributed by atoms with E-state index in [0.29, 0.717) is 6.61 Å². The Morgan fingerprint density at radius 2 is 2.19 bits per heavy atom. The van der Waals surface area contributed by atoms with E-state index in [9.17, 15) is 13.2 Å². The molecule has 1 atom stereocenters. The molecule has 1 aliphatic heterocycles.